The van der Waals surface area contributed by atoms with Gasteiger partial charge >= 0.3 is 6.03 Å². The van der Waals surface area contributed by atoms with Crippen molar-refractivity contribution in [2.24, 2.45) is 17.6 Å². The number of urea groups is 1. The highest BCUT2D eigenvalue weighted by atomic mass is 32.2. The first-order valence-corrected chi connectivity index (χ1v) is 11.3. The van der Waals surface area contributed by atoms with Crippen molar-refractivity contribution in [2.45, 2.75) is 58.2 Å². The summed E-state index contributed by atoms with van der Waals surface area (Å²) in [7, 11) is 0. The summed E-state index contributed by atoms with van der Waals surface area (Å²) in [6.07, 6.45) is 3.85. The number of fused-ring (bicyclic) bond motifs is 3. The van der Waals surface area contributed by atoms with E-state index >= 15 is 0 Å². The molecule has 1 aliphatic carbocycles. The monoisotopic (exact) mass is 422 g/mol. The van der Waals surface area contributed by atoms with E-state index in [1.165, 1.54) is 4.88 Å². The number of nitrogens with one attached hydrogen (secondary N) is 1. The molecule has 1 aliphatic rings. The lowest BCUT2D eigenvalue weighted by atomic mass is 9.89. The number of primary amides is 1. The van der Waals surface area contributed by atoms with Gasteiger partial charge in [0.15, 0.2) is 5.16 Å². The van der Waals surface area contributed by atoms with Crippen molar-refractivity contribution < 1.29 is 9.59 Å². The number of hydrogen-bond donors (Lipinski definition) is 2. The zero-order valence-electron chi connectivity index (χ0n) is 16.4. The average molecular weight is 423 g/mol. The minimum absolute atomic E-state index is 0.0180. The summed E-state index contributed by atoms with van der Waals surface area (Å²) in [5, 5.41) is 3.32. The van der Waals surface area contributed by atoms with Gasteiger partial charge in [-0.05, 0) is 43.1 Å². The quantitative estimate of drug-likeness (QED) is 0.550. The van der Waals surface area contributed by atoms with Crippen LogP contribution >= 0.6 is 23.1 Å². The molecular weight excluding hydrogens is 396 g/mol. The minimum atomic E-state index is -0.883. The van der Waals surface area contributed by atoms with Crippen LogP contribution in [0, 0.1) is 11.8 Å². The number of amides is 3. The van der Waals surface area contributed by atoms with Crippen molar-refractivity contribution >= 4 is 45.3 Å². The molecule has 3 N–H and O–H groups in total. The van der Waals surface area contributed by atoms with E-state index in [-0.39, 0.29) is 11.3 Å². The van der Waals surface area contributed by atoms with Crippen molar-refractivity contribution in [1.29, 1.82) is 0 Å². The first-order valence-electron chi connectivity index (χ1n) is 9.53. The lowest BCUT2D eigenvalue weighted by Crippen LogP contribution is -2.36. The molecule has 1 atom stereocenters. The Kier molecular flexibility index (Phi) is 6.44. The van der Waals surface area contributed by atoms with Crippen LogP contribution < -0.4 is 16.6 Å². The zero-order valence-corrected chi connectivity index (χ0v) is 18.0. The fourth-order valence-electron chi connectivity index (χ4n) is 3.40. The van der Waals surface area contributed by atoms with Gasteiger partial charge in [0.2, 0.25) is 5.91 Å². The largest absolute Gasteiger partial charge is 0.351 e. The smallest absolute Gasteiger partial charge is 0.318 e. The Morgan fingerprint density at radius 1 is 1.43 bits per heavy atom. The van der Waals surface area contributed by atoms with Crippen molar-refractivity contribution in [3.05, 3.63) is 20.8 Å². The molecule has 28 heavy (non-hydrogen) atoms. The van der Waals surface area contributed by atoms with Crippen LogP contribution in [-0.2, 0) is 24.2 Å². The van der Waals surface area contributed by atoms with Crippen molar-refractivity contribution in [3.63, 3.8) is 0 Å². The SMILES string of the molecule is CC(C)CCn1c(SCC(=O)NC(N)=O)nc2sc3c(c2c1=O)CC[C@H](C)C3. The van der Waals surface area contributed by atoms with E-state index in [1.807, 2.05) is 5.32 Å². The second-order valence-electron chi connectivity index (χ2n) is 7.77. The van der Waals surface area contributed by atoms with E-state index in [0.717, 1.165) is 53.2 Å². The van der Waals surface area contributed by atoms with Gasteiger partial charge in [-0.1, -0.05) is 32.5 Å². The first kappa shape index (κ1) is 20.9. The second kappa shape index (κ2) is 8.65. The number of imide groups is 1. The number of aryl methyl sites for hydroxylation is 1. The predicted molar refractivity (Wildman–Crippen MR) is 113 cm³/mol. The van der Waals surface area contributed by atoms with E-state index in [0.29, 0.717) is 23.5 Å². The third-order valence-corrected chi connectivity index (χ3v) is 7.03. The van der Waals surface area contributed by atoms with Crippen molar-refractivity contribution in [2.75, 3.05) is 5.75 Å². The molecule has 0 unspecified atom stereocenters. The topological polar surface area (TPSA) is 107 Å². The number of thioether (sulfide) groups is 1. The Bertz CT molecular complexity index is 964. The standard InChI is InChI=1S/C19H26N4O3S2/c1-10(2)6-7-23-17(25)15-12-5-4-11(3)8-13(12)28-16(15)22-19(23)27-9-14(24)21-18(20)26/h10-11H,4-9H2,1-3H3,(H3,20,21,24,26)/t11-/m0/s1. The van der Waals surface area contributed by atoms with E-state index in [2.05, 4.69) is 20.8 Å². The molecule has 2 aromatic heterocycles. The number of aromatic nitrogens is 2. The Morgan fingerprint density at radius 3 is 2.86 bits per heavy atom. The zero-order chi connectivity index (χ0) is 20.4. The van der Waals surface area contributed by atoms with Gasteiger partial charge in [-0.2, -0.15) is 0 Å². The highest BCUT2D eigenvalue weighted by Crippen LogP contribution is 2.36. The van der Waals surface area contributed by atoms with E-state index in [1.54, 1.807) is 15.9 Å². The molecule has 152 valence electrons. The maximum Gasteiger partial charge on any atom is 0.318 e. The van der Waals surface area contributed by atoms with Gasteiger partial charge in [-0.15, -0.1) is 11.3 Å². The lowest BCUT2D eigenvalue weighted by Gasteiger charge is -2.18. The van der Waals surface area contributed by atoms with Crippen LogP contribution in [0.5, 0.6) is 0 Å². The number of rotatable bonds is 6. The van der Waals surface area contributed by atoms with Gasteiger partial charge in [0.05, 0.1) is 11.1 Å². The fraction of sp³-hybridized carbons (Fsp3) is 0.579. The molecule has 0 aliphatic heterocycles. The predicted octanol–water partition coefficient (Wildman–Crippen LogP) is 2.92. The summed E-state index contributed by atoms with van der Waals surface area (Å²) in [5.41, 5.74) is 6.14. The van der Waals surface area contributed by atoms with Gasteiger partial charge in [-0.3, -0.25) is 19.5 Å². The van der Waals surface area contributed by atoms with Crippen LogP contribution in [0.4, 0.5) is 4.79 Å². The molecule has 0 saturated heterocycles. The third-order valence-electron chi connectivity index (χ3n) is 4.91. The molecule has 9 heteroatoms. The molecule has 2 heterocycles. The molecule has 0 spiro atoms. The van der Waals surface area contributed by atoms with Crippen LogP contribution in [0.1, 0.15) is 44.1 Å². The molecule has 3 rings (SSSR count). The minimum Gasteiger partial charge on any atom is -0.351 e. The molecule has 3 amide bonds. The maximum atomic E-state index is 13.3. The normalized spacial score (nSPS) is 16.4. The molecule has 7 nitrogen and oxygen atoms in total. The Hall–Kier alpha value is -1.87. The fourth-order valence-corrected chi connectivity index (χ4v) is 5.65. The number of nitrogens with zero attached hydrogens (tertiary/aromatic N) is 2. The molecule has 0 radical (unpaired) electrons. The number of carbonyl (C=O) groups is 2. The number of thiophene rings is 1. The van der Waals surface area contributed by atoms with Crippen LogP contribution in [0.3, 0.4) is 0 Å². The third kappa shape index (κ3) is 4.57. The van der Waals surface area contributed by atoms with Gasteiger partial charge in [0.25, 0.3) is 5.56 Å². The molecule has 0 saturated carbocycles. The molecular formula is C19H26N4O3S2. The summed E-state index contributed by atoms with van der Waals surface area (Å²) in [6, 6.07) is -0.883. The second-order valence-corrected chi connectivity index (χ2v) is 9.79. The summed E-state index contributed by atoms with van der Waals surface area (Å²) in [6.45, 7) is 7.01. The Labute approximate surface area is 172 Å². The summed E-state index contributed by atoms with van der Waals surface area (Å²) < 4.78 is 1.69. The van der Waals surface area contributed by atoms with Crippen molar-refractivity contribution in [1.82, 2.24) is 14.9 Å². The van der Waals surface area contributed by atoms with Crippen LogP contribution in [0.25, 0.3) is 10.2 Å². The molecule has 0 fully saturated rings. The average Bonchev–Trinajstić information content (AvgIpc) is 2.95. The lowest BCUT2D eigenvalue weighted by molar-refractivity contribution is -0.117. The highest BCUT2D eigenvalue weighted by molar-refractivity contribution is 7.99. The summed E-state index contributed by atoms with van der Waals surface area (Å²) in [4.78, 5) is 42.8. The Morgan fingerprint density at radius 2 is 2.18 bits per heavy atom. The summed E-state index contributed by atoms with van der Waals surface area (Å²) >= 11 is 2.76. The van der Waals surface area contributed by atoms with Gasteiger partial charge < -0.3 is 5.73 Å². The van der Waals surface area contributed by atoms with Gasteiger partial charge in [0, 0.05) is 11.4 Å². The van der Waals surface area contributed by atoms with Gasteiger partial charge in [0.1, 0.15) is 4.83 Å². The first-order chi connectivity index (χ1) is 13.3. The Balaban J connectivity index is 2.00. The molecule has 0 bridgehead atoms. The van der Waals surface area contributed by atoms with Crippen LogP contribution in [-0.4, -0.2) is 27.2 Å². The number of hydrogen-bond acceptors (Lipinski definition) is 6. The summed E-state index contributed by atoms with van der Waals surface area (Å²) in [5.74, 6) is 0.539. The van der Waals surface area contributed by atoms with E-state index in [4.69, 9.17) is 10.7 Å². The number of nitrogens with two attached hydrogens (primary N) is 1. The molecule has 2 aromatic rings. The van der Waals surface area contributed by atoms with Crippen LogP contribution in [0.15, 0.2) is 9.95 Å². The van der Waals surface area contributed by atoms with Gasteiger partial charge in [-0.25, -0.2) is 9.78 Å². The van der Waals surface area contributed by atoms with E-state index in [9.17, 15) is 14.4 Å². The van der Waals surface area contributed by atoms with Crippen molar-refractivity contribution in [3.8, 4) is 0 Å². The number of carbonyl (C=O) groups excluding carboxylic acids is 2. The van der Waals surface area contributed by atoms with E-state index < -0.39 is 11.9 Å². The maximum absolute atomic E-state index is 13.3. The van der Waals surface area contributed by atoms with Crippen LogP contribution in [0.2, 0.25) is 0 Å². The molecule has 0 aromatic carbocycles. The highest BCUT2D eigenvalue weighted by Gasteiger charge is 2.25.